The van der Waals surface area contributed by atoms with E-state index in [-0.39, 0.29) is 0 Å². The van der Waals surface area contributed by atoms with Gasteiger partial charge in [-0.2, -0.15) is 61.5 Å². The van der Waals surface area contributed by atoms with Crippen molar-refractivity contribution in [2.24, 2.45) is 5.73 Å². The van der Waals surface area contributed by atoms with Gasteiger partial charge in [0.2, 0.25) is 0 Å². The van der Waals surface area contributed by atoms with Gasteiger partial charge in [-0.1, -0.05) is 12.1 Å². The quantitative estimate of drug-likeness (QED) is 0.372. The number of alkyl halides is 16. The molecule has 0 spiro atoms. The van der Waals surface area contributed by atoms with Crippen LogP contribution in [0.5, 0.6) is 0 Å². The molecule has 1 aromatic carbocycles. The highest BCUT2D eigenvalue weighted by Gasteiger charge is 2.94. The lowest BCUT2D eigenvalue weighted by Crippen LogP contribution is -2.74. The Morgan fingerprint density at radius 3 is 1.47 bits per heavy atom. The molecule has 0 heterocycles. The highest BCUT2D eigenvalue weighted by molar-refractivity contribution is 6.05. The third-order valence-electron chi connectivity index (χ3n) is 4.39. The van der Waals surface area contributed by atoms with Crippen molar-refractivity contribution in [3.05, 3.63) is 29.8 Å². The van der Waals surface area contributed by atoms with Crippen molar-refractivity contribution >= 4 is 17.5 Å². The van der Waals surface area contributed by atoms with Crippen molar-refractivity contribution in [2.75, 3.05) is 5.32 Å². The van der Waals surface area contributed by atoms with Gasteiger partial charge >= 0.3 is 53.8 Å². The second-order valence-corrected chi connectivity index (χ2v) is 6.73. The second-order valence-electron chi connectivity index (χ2n) is 6.73. The number of para-hydroxylation sites is 1. The van der Waals surface area contributed by atoms with Gasteiger partial charge in [-0.3, -0.25) is 9.59 Å². The number of carbonyl (C=O) groups is 2. The van der Waals surface area contributed by atoms with Gasteiger partial charge in [-0.15, -0.1) is 0 Å². The summed E-state index contributed by atoms with van der Waals surface area (Å²) < 4.78 is 213. The molecule has 3 N–H and O–H groups in total. The summed E-state index contributed by atoms with van der Waals surface area (Å²) in [5.74, 6) is -62.1. The molecule has 0 radical (unpaired) electrons. The van der Waals surface area contributed by atoms with Crippen molar-refractivity contribution in [3.63, 3.8) is 0 Å². The zero-order valence-electron chi connectivity index (χ0n) is 16.3. The lowest BCUT2D eigenvalue weighted by atomic mass is 9.89. The number of amides is 2. The van der Waals surface area contributed by atoms with E-state index in [4.69, 9.17) is 5.73 Å². The summed E-state index contributed by atoms with van der Waals surface area (Å²) in [6.07, 6.45) is -5.96. The first-order chi connectivity index (χ1) is 15.8. The number of nitrogens with one attached hydrogen (secondary N) is 1. The Morgan fingerprint density at radius 2 is 1.06 bits per heavy atom. The SMILES string of the molecule is NC(=O)c1ccccc1NC(=O)C(F)(F)C(F)(F)C(F)(F)C(F)(F)C(F)(F)C(F)(F)C(F)(F)C(F)F. The van der Waals surface area contributed by atoms with Crippen LogP contribution in [-0.2, 0) is 4.79 Å². The van der Waals surface area contributed by atoms with Crippen LogP contribution in [0.2, 0.25) is 0 Å². The Kier molecular flexibility index (Phi) is 7.64. The van der Waals surface area contributed by atoms with Gasteiger partial charge < -0.3 is 11.1 Å². The molecule has 0 saturated carbocycles. The normalized spacial score (nSPS) is 14.7. The molecule has 206 valence electrons. The van der Waals surface area contributed by atoms with E-state index in [0.29, 0.717) is 17.4 Å². The molecule has 1 aromatic rings. The van der Waals surface area contributed by atoms with Crippen LogP contribution in [0.3, 0.4) is 0 Å². The first-order valence-electron chi connectivity index (χ1n) is 8.40. The van der Waals surface area contributed by atoms with E-state index >= 15 is 0 Å². The number of hydrogen-bond donors (Lipinski definition) is 2. The molecule has 1 rings (SSSR count). The third kappa shape index (κ3) is 4.16. The lowest BCUT2D eigenvalue weighted by Gasteiger charge is -2.42. The number of carbonyl (C=O) groups excluding carboxylic acids is 2. The monoisotopic (exact) mass is 564 g/mol. The molecule has 20 heteroatoms. The van der Waals surface area contributed by atoms with Gasteiger partial charge in [-0.25, -0.2) is 8.78 Å². The fraction of sp³-hybridized carbons (Fsp3) is 0.500. The second kappa shape index (κ2) is 8.86. The van der Waals surface area contributed by atoms with Crippen molar-refractivity contribution in [1.29, 1.82) is 0 Å². The number of rotatable bonds is 10. The molecule has 0 saturated heterocycles. The molecule has 0 atom stereocenters. The van der Waals surface area contributed by atoms with E-state index < -0.39 is 70.9 Å². The van der Waals surface area contributed by atoms with Crippen LogP contribution in [0, 0.1) is 0 Å². The molecule has 0 aromatic heterocycles. The number of halogens is 16. The Hall–Kier alpha value is -2.96. The van der Waals surface area contributed by atoms with Gasteiger partial charge in [0.15, 0.2) is 0 Å². The average Bonchev–Trinajstić information content (AvgIpc) is 2.72. The molecule has 0 aliphatic rings. The smallest absolute Gasteiger partial charge is 0.366 e. The number of primary amides is 1. The predicted molar refractivity (Wildman–Crippen MR) is 84.2 cm³/mol. The van der Waals surface area contributed by atoms with Crippen LogP contribution in [0.25, 0.3) is 0 Å². The van der Waals surface area contributed by atoms with Crippen molar-refractivity contribution in [1.82, 2.24) is 0 Å². The number of hydrogen-bond acceptors (Lipinski definition) is 2. The van der Waals surface area contributed by atoms with Crippen LogP contribution < -0.4 is 11.1 Å². The van der Waals surface area contributed by atoms with Crippen LogP contribution in [-0.4, -0.2) is 59.7 Å². The number of nitrogens with two attached hydrogens (primary N) is 1. The van der Waals surface area contributed by atoms with Gasteiger partial charge in [0.1, 0.15) is 0 Å². The summed E-state index contributed by atoms with van der Waals surface area (Å²) >= 11 is 0. The summed E-state index contributed by atoms with van der Waals surface area (Å²) in [6, 6.07) is 2.78. The van der Waals surface area contributed by atoms with Crippen molar-refractivity contribution in [3.8, 4) is 0 Å². The first-order valence-corrected chi connectivity index (χ1v) is 8.40. The summed E-state index contributed by atoms with van der Waals surface area (Å²) in [5, 5.41) is 0.667. The molecule has 0 bridgehead atoms. The van der Waals surface area contributed by atoms with Gasteiger partial charge in [0.05, 0.1) is 11.3 Å². The Morgan fingerprint density at radius 1 is 0.667 bits per heavy atom. The minimum Gasteiger partial charge on any atom is -0.366 e. The zero-order chi connectivity index (χ0) is 28.9. The first kappa shape index (κ1) is 31.1. The van der Waals surface area contributed by atoms with E-state index in [1.165, 1.54) is 0 Å². The summed E-state index contributed by atoms with van der Waals surface area (Å²) in [5.41, 5.74) is 2.53. The maximum Gasteiger partial charge on any atom is 0.393 e. The van der Waals surface area contributed by atoms with Crippen LogP contribution >= 0.6 is 0 Å². The highest BCUT2D eigenvalue weighted by atomic mass is 19.4. The third-order valence-corrected chi connectivity index (χ3v) is 4.39. The largest absolute Gasteiger partial charge is 0.393 e. The van der Waals surface area contributed by atoms with Gasteiger partial charge in [-0.05, 0) is 12.1 Å². The Labute approximate surface area is 187 Å². The molecule has 0 aliphatic carbocycles. The van der Waals surface area contributed by atoms with Crippen LogP contribution in [0.4, 0.5) is 75.9 Å². The number of anilines is 1. The molecule has 36 heavy (non-hydrogen) atoms. The van der Waals surface area contributed by atoms with Crippen molar-refractivity contribution < 1.29 is 79.8 Å². The number of benzene rings is 1. The maximum absolute atomic E-state index is 13.9. The molecule has 2 amide bonds. The summed E-state index contributed by atoms with van der Waals surface area (Å²) in [6.45, 7) is 0. The highest BCUT2D eigenvalue weighted by Crippen LogP contribution is 2.62. The standard InChI is InChI=1S/C16H8F16N2O2/c17-8(18)10(19,20)12(23,24)14(27,28)16(31,32)15(29,30)13(25,26)11(21,22)9(36)34-6-4-2-1-3-5(6)7(33)35/h1-4,8H,(H2,33,35)(H,34,36). The van der Waals surface area contributed by atoms with E-state index in [0.717, 1.165) is 12.1 Å². The maximum atomic E-state index is 13.9. The van der Waals surface area contributed by atoms with E-state index in [1.54, 1.807) is 0 Å². The van der Waals surface area contributed by atoms with E-state index in [1.807, 2.05) is 0 Å². The van der Waals surface area contributed by atoms with Crippen LogP contribution in [0.1, 0.15) is 10.4 Å². The molecular weight excluding hydrogens is 556 g/mol. The van der Waals surface area contributed by atoms with E-state index in [9.17, 15) is 79.8 Å². The van der Waals surface area contributed by atoms with Gasteiger partial charge in [0.25, 0.3) is 5.91 Å². The average molecular weight is 564 g/mol. The minimum absolute atomic E-state index is 0.445. The Bertz CT molecular complexity index is 1010. The molecule has 4 nitrogen and oxygen atoms in total. The molecule has 0 unspecified atom stereocenters. The lowest BCUT2D eigenvalue weighted by molar-refractivity contribution is -0.443. The Balaban J connectivity index is 3.59. The van der Waals surface area contributed by atoms with Crippen LogP contribution in [0.15, 0.2) is 24.3 Å². The van der Waals surface area contributed by atoms with E-state index in [2.05, 4.69) is 0 Å². The summed E-state index contributed by atoms with van der Waals surface area (Å²) in [7, 11) is 0. The van der Waals surface area contributed by atoms with Gasteiger partial charge in [0, 0.05) is 0 Å². The molecular formula is C16H8F16N2O2. The topological polar surface area (TPSA) is 72.2 Å². The minimum atomic E-state index is -8.62. The fourth-order valence-electron chi connectivity index (χ4n) is 2.29. The molecule has 0 fully saturated rings. The fourth-order valence-corrected chi connectivity index (χ4v) is 2.29. The predicted octanol–water partition coefficient (Wildman–Crippen LogP) is 5.44. The summed E-state index contributed by atoms with van der Waals surface area (Å²) in [4.78, 5) is 22.6. The zero-order valence-corrected chi connectivity index (χ0v) is 16.3. The molecule has 0 aliphatic heterocycles. The van der Waals surface area contributed by atoms with Crippen molar-refractivity contribution in [2.45, 2.75) is 47.9 Å².